The Morgan fingerprint density at radius 3 is 2.13 bits per heavy atom. The summed E-state index contributed by atoms with van der Waals surface area (Å²) in [4.78, 5) is 14.4. The van der Waals surface area contributed by atoms with Gasteiger partial charge in [-0.1, -0.05) is 0 Å². The molecule has 0 unspecified atom stereocenters. The van der Waals surface area contributed by atoms with Crippen molar-refractivity contribution in [1.29, 1.82) is 0 Å². The second-order valence-corrected chi connectivity index (χ2v) is 5.49. The summed E-state index contributed by atoms with van der Waals surface area (Å²) in [5, 5.41) is 0. The summed E-state index contributed by atoms with van der Waals surface area (Å²) in [5.74, 6) is 0.408. The topological polar surface area (TPSA) is 46.3 Å². The average molecular weight is 212 g/mol. The van der Waals surface area contributed by atoms with Gasteiger partial charge in [-0.05, 0) is 53.6 Å². The fraction of sp³-hybridized carbons (Fsp3) is 0.917. The van der Waals surface area contributed by atoms with Gasteiger partial charge in [-0.2, -0.15) is 0 Å². The van der Waals surface area contributed by atoms with Crippen molar-refractivity contribution in [1.82, 2.24) is 4.90 Å². The van der Waals surface area contributed by atoms with Crippen molar-refractivity contribution in [3.8, 4) is 0 Å². The van der Waals surface area contributed by atoms with E-state index in [2.05, 4.69) is 18.7 Å². The van der Waals surface area contributed by atoms with Gasteiger partial charge in [-0.3, -0.25) is 4.79 Å². The molecule has 0 aromatic carbocycles. The number of likely N-dealkylation sites (tertiary alicyclic amines) is 1. The van der Waals surface area contributed by atoms with E-state index in [1.54, 1.807) is 0 Å². The first kappa shape index (κ1) is 12.7. The molecule has 1 aliphatic rings. The number of piperidine rings is 1. The number of carbonyl (C=O) groups is 1. The van der Waals surface area contributed by atoms with Gasteiger partial charge in [-0.25, -0.2) is 0 Å². The summed E-state index contributed by atoms with van der Waals surface area (Å²) in [6.45, 7) is 10.1. The predicted octanol–water partition coefficient (Wildman–Crippen LogP) is 1.41. The quantitative estimate of drug-likeness (QED) is 0.769. The Morgan fingerprint density at radius 2 is 1.80 bits per heavy atom. The molecule has 0 atom stereocenters. The average Bonchev–Trinajstić information content (AvgIpc) is 2.15. The minimum absolute atomic E-state index is 0.181. The van der Waals surface area contributed by atoms with Crippen LogP contribution < -0.4 is 5.73 Å². The summed E-state index contributed by atoms with van der Waals surface area (Å²) in [6, 6.07) is 0.590. The maximum atomic E-state index is 12.0. The van der Waals surface area contributed by atoms with E-state index in [9.17, 15) is 4.79 Å². The number of carbonyl (C=O) groups excluding carboxylic acids is 1. The van der Waals surface area contributed by atoms with Gasteiger partial charge >= 0.3 is 0 Å². The fourth-order valence-electron chi connectivity index (χ4n) is 2.20. The van der Waals surface area contributed by atoms with Gasteiger partial charge in [0, 0.05) is 12.0 Å². The Hall–Kier alpha value is -0.410. The molecule has 3 heteroatoms. The van der Waals surface area contributed by atoms with Crippen molar-refractivity contribution in [2.75, 3.05) is 13.1 Å². The van der Waals surface area contributed by atoms with Crippen LogP contribution in [-0.2, 0) is 4.79 Å². The number of nitrogens with two attached hydrogens (primary N) is 1. The van der Waals surface area contributed by atoms with Gasteiger partial charge in [0.2, 0.25) is 0 Å². The Bertz CT molecular complexity index is 222. The lowest BCUT2D eigenvalue weighted by Crippen LogP contribution is -2.49. The maximum absolute atomic E-state index is 12.0. The number of ketones is 1. The largest absolute Gasteiger partial charge is 0.319 e. The third kappa shape index (κ3) is 3.28. The van der Waals surface area contributed by atoms with E-state index < -0.39 is 5.54 Å². The molecule has 15 heavy (non-hydrogen) atoms. The third-order valence-electron chi connectivity index (χ3n) is 3.27. The zero-order chi connectivity index (χ0) is 11.6. The molecule has 0 spiro atoms. The van der Waals surface area contributed by atoms with E-state index in [0.717, 1.165) is 25.9 Å². The molecule has 0 aromatic rings. The van der Waals surface area contributed by atoms with E-state index >= 15 is 0 Å². The first-order valence-corrected chi connectivity index (χ1v) is 5.89. The highest BCUT2D eigenvalue weighted by atomic mass is 16.1. The van der Waals surface area contributed by atoms with Gasteiger partial charge in [-0.15, -0.1) is 0 Å². The summed E-state index contributed by atoms with van der Waals surface area (Å²) in [6.07, 6.45) is 1.94. The van der Waals surface area contributed by atoms with E-state index in [4.69, 9.17) is 5.73 Å². The molecule has 1 saturated heterocycles. The Kier molecular flexibility index (Phi) is 3.90. The highest BCUT2D eigenvalue weighted by molar-refractivity contribution is 5.89. The van der Waals surface area contributed by atoms with E-state index in [-0.39, 0.29) is 11.7 Å². The first-order valence-electron chi connectivity index (χ1n) is 5.89. The summed E-state index contributed by atoms with van der Waals surface area (Å²) >= 11 is 0. The van der Waals surface area contributed by atoms with Crippen LogP contribution in [0.4, 0.5) is 0 Å². The van der Waals surface area contributed by atoms with Crippen molar-refractivity contribution < 1.29 is 4.79 Å². The second kappa shape index (κ2) is 4.62. The van der Waals surface area contributed by atoms with Gasteiger partial charge in [0.15, 0.2) is 5.78 Å². The highest BCUT2D eigenvalue weighted by Gasteiger charge is 2.32. The molecule has 1 fully saturated rings. The highest BCUT2D eigenvalue weighted by Crippen LogP contribution is 2.23. The van der Waals surface area contributed by atoms with Gasteiger partial charge < -0.3 is 10.6 Å². The lowest BCUT2D eigenvalue weighted by atomic mass is 9.83. The lowest BCUT2D eigenvalue weighted by molar-refractivity contribution is -0.128. The van der Waals surface area contributed by atoms with Gasteiger partial charge in [0.05, 0.1) is 5.54 Å². The second-order valence-electron chi connectivity index (χ2n) is 5.49. The summed E-state index contributed by atoms with van der Waals surface area (Å²) in [7, 11) is 0. The smallest absolute Gasteiger partial charge is 0.155 e. The molecule has 88 valence electrons. The molecule has 0 amide bonds. The molecule has 0 bridgehead atoms. The van der Waals surface area contributed by atoms with Crippen LogP contribution >= 0.6 is 0 Å². The number of hydrogen-bond acceptors (Lipinski definition) is 3. The number of Topliss-reactive ketones (excluding diaryl/α,β-unsaturated/α-hetero) is 1. The SMILES string of the molecule is CC(C)N1CCC(C(=O)C(C)(C)N)CC1. The molecule has 1 rings (SSSR count). The van der Waals surface area contributed by atoms with E-state index in [1.807, 2.05) is 13.8 Å². The molecular weight excluding hydrogens is 188 g/mol. The zero-order valence-electron chi connectivity index (χ0n) is 10.4. The van der Waals surface area contributed by atoms with Crippen LogP contribution in [0.15, 0.2) is 0 Å². The Labute approximate surface area is 93.0 Å². The van der Waals surface area contributed by atoms with Crippen molar-refractivity contribution in [2.24, 2.45) is 11.7 Å². The minimum atomic E-state index is -0.662. The van der Waals surface area contributed by atoms with Crippen LogP contribution in [0.2, 0.25) is 0 Å². The Morgan fingerprint density at radius 1 is 1.33 bits per heavy atom. The van der Waals surface area contributed by atoms with Crippen molar-refractivity contribution in [3.63, 3.8) is 0 Å². The van der Waals surface area contributed by atoms with Crippen LogP contribution in [0, 0.1) is 5.92 Å². The molecule has 0 aliphatic carbocycles. The number of hydrogen-bond donors (Lipinski definition) is 1. The maximum Gasteiger partial charge on any atom is 0.155 e. The molecule has 2 N–H and O–H groups in total. The molecule has 1 aliphatic heterocycles. The standard InChI is InChI=1S/C12H24N2O/c1-9(2)14-7-5-10(6-8-14)11(15)12(3,4)13/h9-10H,5-8,13H2,1-4H3. The first-order chi connectivity index (χ1) is 6.82. The minimum Gasteiger partial charge on any atom is -0.319 e. The van der Waals surface area contributed by atoms with Crippen molar-refractivity contribution >= 4 is 5.78 Å². The molecule has 0 aromatic heterocycles. The Balaban J connectivity index is 2.48. The molecular formula is C12H24N2O. The van der Waals surface area contributed by atoms with Gasteiger partial charge in [0.25, 0.3) is 0 Å². The lowest BCUT2D eigenvalue weighted by Gasteiger charge is -2.35. The fourth-order valence-corrected chi connectivity index (χ4v) is 2.20. The molecule has 0 saturated carbocycles. The van der Waals surface area contributed by atoms with Crippen molar-refractivity contribution in [2.45, 2.75) is 52.1 Å². The molecule has 3 nitrogen and oxygen atoms in total. The predicted molar refractivity (Wildman–Crippen MR) is 62.7 cm³/mol. The third-order valence-corrected chi connectivity index (χ3v) is 3.27. The van der Waals surface area contributed by atoms with Crippen LogP contribution in [-0.4, -0.2) is 35.4 Å². The van der Waals surface area contributed by atoms with Crippen LogP contribution in [0.25, 0.3) is 0 Å². The molecule has 0 radical (unpaired) electrons. The summed E-state index contributed by atoms with van der Waals surface area (Å²) in [5.41, 5.74) is 5.18. The van der Waals surface area contributed by atoms with E-state index in [1.165, 1.54) is 0 Å². The van der Waals surface area contributed by atoms with Gasteiger partial charge in [0.1, 0.15) is 0 Å². The van der Waals surface area contributed by atoms with Crippen molar-refractivity contribution in [3.05, 3.63) is 0 Å². The zero-order valence-corrected chi connectivity index (χ0v) is 10.4. The normalized spacial score (nSPS) is 20.9. The number of rotatable bonds is 3. The summed E-state index contributed by atoms with van der Waals surface area (Å²) < 4.78 is 0. The molecule has 1 heterocycles. The van der Waals surface area contributed by atoms with Crippen LogP contribution in [0.5, 0.6) is 0 Å². The van der Waals surface area contributed by atoms with Crippen LogP contribution in [0.3, 0.4) is 0 Å². The van der Waals surface area contributed by atoms with Crippen LogP contribution in [0.1, 0.15) is 40.5 Å². The van der Waals surface area contributed by atoms with E-state index in [0.29, 0.717) is 6.04 Å². The monoisotopic (exact) mass is 212 g/mol. The number of nitrogens with zero attached hydrogens (tertiary/aromatic N) is 1.